The van der Waals surface area contributed by atoms with Crippen molar-refractivity contribution in [3.05, 3.63) is 68.1 Å². The molecule has 2 aromatic rings. The maximum atomic E-state index is 13.3. The van der Waals surface area contributed by atoms with Crippen LogP contribution in [0, 0.1) is 5.92 Å². The number of hydrogen-bond donors (Lipinski definition) is 1. The Morgan fingerprint density at radius 3 is 2.62 bits per heavy atom. The average molecular weight is 449 g/mol. The van der Waals surface area contributed by atoms with E-state index in [1.807, 2.05) is 13.0 Å². The minimum Gasteiger partial charge on any atom is -0.272 e. The van der Waals surface area contributed by atoms with E-state index in [1.165, 1.54) is 0 Å². The van der Waals surface area contributed by atoms with Crippen LogP contribution in [0.3, 0.4) is 0 Å². The van der Waals surface area contributed by atoms with E-state index in [1.54, 1.807) is 30.3 Å². The summed E-state index contributed by atoms with van der Waals surface area (Å²) in [6, 6.07) is 10.4. The highest BCUT2D eigenvalue weighted by atomic mass is 35.5. The highest BCUT2D eigenvalue weighted by molar-refractivity contribution is 7.90. The molecule has 1 amide bonds. The first-order valence-electron chi connectivity index (χ1n) is 9.42. The lowest BCUT2D eigenvalue weighted by atomic mass is 9.83. The van der Waals surface area contributed by atoms with Gasteiger partial charge in [-0.2, -0.15) is 0 Å². The molecule has 0 saturated heterocycles. The number of fused-ring (bicyclic) bond motifs is 2. The number of nitrogens with one attached hydrogen (secondary N) is 1. The van der Waals surface area contributed by atoms with Gasteiger partial charge in [0.2, 0.25) is 10.0 Å². The van der Waals surface area contributed by atoms with Gasteiger partial charge in [-0.25, -0.2) is 13.1 Å². The molecule has 1 N–H and O–H groups in total. The van der Waals surface area contributed by atoms with Crippen LogP contribution in [0.1, 0.15) is 35.7 Å². The highest BCUT2D eigenvalue weighted by Gasteiger charge is 2.55. The zero-order valence-corrected chi connectivity index (χ0v) is 17.9. The topological polar surface area (TPSA) is 75.6 Å². The third-order valence-electron chi connectivity index (χ3n) is 6.10. The van der Waals surface area contributed by atoms with Gasteiger partial charge in [0, 0.05) is 20.8 Å². The van der Waals surface area contributed by atoms with Gasteiger partial charge in [-0.3, -0.25) is 9.79 Å². The number of amides is 1. The highest BCUT2D eigenvalue weighted by Crippen LogP contribution is 2.47. The van der Waals surface area contributed by atoms with Crippen LogP contribution in [0.25, 0.3) is 5.57 Å². The van der Waals surface area contributed by atoms with Crippen LogP contribution in [-0.4, -0.2) is 25.1 Å². The van der Waals surface area contributed by atoms with E-state index in [2.05, 4.69) is 4.72 Å². The number of nitrogens with zero attached hydrogens (tertiary/aromatic N) is 1. The Balaban J connectivity index is 1.79. The minimum atomic E-state index is -3.92. The van der Waals surface area contributed by atoms with Gasteiger partial charge in [0.25, 0.3) is 5.91 Å². The molecule has 5 nitrogen and oxygen atoms in total. The number of carbonyl (C=O) groups is 1. The molecule has 0 aromatic heterocycles. The largest absolute Gasteiger partial charge is 0.272 e. The van der Waals surface area contributed by atoms with E-state index in [0.717, 1.165) is 29.2 Å². The summed E-state index contributed by atoms with van der Waals surface area (Å²) in [6.07, 6.45) is 2.04. The van der Waals surface area contributed by atoms with Crippen LogP contribution in [0.4, 0.5) is 0 Å². The molecule has 8 heteroatoms. The molecule has 2 aliphatic heterocycles. The van der Waals surface area contributed by atoms with Crippen molar-refractivity contribution in [1.29, 1.82) is 0 Å². The third-order valence-corrected chi connectivity index (χ3v) is 8.67. The van der Waals surface area contributed by atoms with Gasteiger partial charge < -0.3 is 0 Å². The summed E-state index contributed by atoms with van der Waals surface area (Å²) in [5.74, 6) is -0.631. The lowest BCUT2D eigenvalue weighted by Crippen LogP contribution is -2.51. The summed E-state index contributed by atoms with van der Waals surface area (Å²) in [7, 11) is -3.92. The fraction of sp³-hybridized carbons (Fsp3) is 0.333. The van der Waals surface area contributed by atoms with Crippen LogP contribution in [-0.2, 0) is 16.4 Å². The fourth-order valence-electron chi connectivity index (χ4n) is 4.64. The van der Waals surface area contributed by atoms with Gasteiger partial charge in [-0.15, -0.1) is 0 Å². The molecule has 29 heavy (non-hydrogen) atoms. The number of halogens is 2. The van der Waals surface area contributed by atoms with Crippen LogP contribution in [0.15, 0.2) is 41.4 Å². The molecule has 2 unspecified atom stereocenters. The molecule has 0 spiro atoms. The maximum Gasteiger partial charge on any atom is 0.264 e. The van der Waals surface area contributed by atoms with Crippen molar-refractivity contribution in [3.63, 3.8) is 0 Å². The van der Waals surface area contributed by atoms with Gasteiger partial charge in [0.15, 0.2) is 0 Å². The maximum absolute atomic E-state index is 13.3. The quantitative estimate of drug-likeness (QED) is 0.783. The van der Waals surface area contributed by atoms with Gasteiger partial charge >= 0.3 is 0 Å². The van der Waals surface area contributed by atoms with Gasteiger partial charge in [-0.05, 0) is 73.6 Å². The Bertz CT molecular complexity index is 1300. The molecular formula is C21H18Cl2N2O3S. The molecule has 2 heterocycles. The zero-order valence-electron chi connectivity index (χ0n) is 15.6. The number of carbonyl (C=O) groups excluding carboxylic acids is 1. The minimum absolute atomic E-state index is 0.0321. The number of hydrogen-bond acceptors (Lipinski definition) is 4. The van der Waals surface area contributed by atoms with Gasteiger partial charge in [0.05, 0.1) is 10.9 Å². The molecule has 3 bridgehead atoms. The molecule has 2 aromatic carbocycles. The monoisotopic (exact) mass is 448 g/mol. The summed E-state index contributed by atoms with van der Waals surface area (Å²) in [5, 5.41) is 1.77. The van der Waals surface area contributed by atoms with Crippen LogP contribution in [0.2, 0.25) is 10.0 Å². The Hall–Kier alpha value is -1.89. The lowest BCUT2D eigenvalue weighted by molar-refractivity contribution is 0.0980. The predicted molar refractivity (Wildman–Crippen MR) is 112 cm³/mol. The third kappa shape index (κ3) is 3.00. The second kappa shape index (κ2) is 6.30. The average Bonchev–Trinajstić information content (AvgIpc) is 3.40. The molecule has 2 atom stereocenters. The molecule has 1 aliphatic carbocycles. The SMILES string of the molecule is CC12N=c3ccc(cc3=C1Cc1ccc(Cl)cc1Cl)C(=O)NS(=O)(=O)C2C1CC1. The molecule has 1 fully saturated rings. The molecular weight excluding hydrogens is 431 g/mol. The number of benzene rings is 2. The number of rotatable bonds is 3. The smallest absolute Gasteiger partial charge is 0.264 e. The Morgan fingerprint density at radius 2 is 1.93 bits per heavy atom. The van der Waals surface area contributed by atoms with Gasteiger partial charge in [-0.1, -0.05) is 29.3 Å². The summed E-state index contributed by atoms with van der Waals surface area (Å²) in [6.45, 7) is 1.86. The van der Waals surface area contributed by atoms with Crippen molar-refractivity contribution in [2.45, 2.75) is 37.0 Å². The zero-order chi connectivity index (χ0) is 20.6. The molecule has 3 aliphatic rings. The lowest BCUT2D eigenvalue weighted by Gasteiger charge is -2.34. The molecule has 5 rings (SSSR count). The molecule has 150 valence electrons. The van der Waals surface area contributed by atoms with Crippen LogP contribution >= 0.6 is 23.2 Å². The normalized spacial score (nSPS) is 27.1. The molecule has 1 saturated carbocycles. The van der Waals surface area contributed by atoms with Crippen molar-refractivity contribution >= 4 is 44.7 Å². The molecule has 0 radical (unpaired) electrons. The predicted octanol–water partition coefficient (Wildman–Crippen LogP) is 2.63. The van der Waals surface area contributed by atoms with Crippen molar-refractivity contribution in [1.82, 2.24) is 4.72 Å². The van der Waals surface area contributed by atoms with E-state index in [0.29, 0.717) is 27.4 Å². The van der Waals surface area contributed by atoms with Crippen molar-refractivity contribution in [3.8, 4) is 0 Å². The van der Waals surface area contributed by atoms with E-state index < -0.39 is 26.7 Å². The first-order chi connectivity index (χ1) is 13.7. The van der Waals surface area contributed by atoms with Gasteiger partial charge in [0.1, 0.15) is 5.25 Å². The van der Waals surface area contributed by atoms with E-state index in [-0.39, 0.29) is 5.92 Å². The summed E-state index contributed by atoms with van der Waals surface area (Å²) in [5.41, 5.74) is 1.04. The van der Waals surface area contributed by atoms with Crippen molar-refractivity contribution in [2.24, 2.45) is 10.9 Å². The second-order valence-corrected chi connectivity index (χ2v) is 10.8. The summed E-state index contributed by atoms with van der Waals surface area (Å²) < 4.78 is 28.8. The van der Waals surface area contributed by atoms with Crippen LogP contribution in [0.5, 0.6) is 0 Å². The Morgan fingerprint density at radius 1 is 1.17 bits per heavy atom. The van der Waals surface area contributed by atoms with Crippen molar-refractivity contribution < 1.29 is 13.2 Å². The van der Waals surface area contributed by atoms with Crippen molar-refractivity contribution in [2.75, 3.05) is 0 Å². The Labute approximate surface area is 178 Å². The number of sulfonamides is 1. The second-order valence-electron chi connectivity index (χ2n) is 8.12. The summed E-state index contributed by atoms with van der Waals surface area (Å²) >= 11 is 12.5. The van der Waals surface area contributed by atoms with E-state index in [4.69, 9.17) is 28.2 Å². The first kappa shape index (κ1) is 19.1. The van der Waals surface area contributed by atoms with E-state index >= 15 is 0 Å². The fourth-order valence-corrected chi connectivity index (χ4v) is 7.19. The van der Waals surface area contributed by atoms with E-state index in [9.17, 15) is 13.2 Å². The standard InChI is InChI=1S/C21H18Cl2N2O3S/c1-21-16(9-12-4-6-14(22)10-17(12)23)15-8-13(5-7-18(15)24-21)20(26)25-29(27,28)19(21)11-2-3-11/h4-8,10-11,19H,2-3,9H2,1H3,(H,25,26). The Kier molecular flexibility index (Phi) is 4.15. The van der Waals surface area contributed by atoms with Crippen LogP contribution < -0.4 is 15.3 Å². The first-order valence-corrected chi connectivity index (χ1v) is 11.7. The summed E-state index contributed by atoms with van der Waals surface area (Å²) in [4.78, 5) is 17.5.